The molecule has 86 valence electrons. The number of benzene rings is 1. The third-order valence-electron chi connectivity index (χ3n) is 2.58. The van der Waals surface area contributed by atoms with Crippen molar-refractivity contribution in [1.29, 1.82) is 5.26 Å². The van der Waals surface area contributed by atoms with Crippen LogP contribution in [0.2, 0.25) is 0 Å². The average Bonchev–Trinajstić information content (AvgIpc) is 2.86. The summed E-state index contributed by atoms with van der Waals surface area (Å²) in [7, 11) is 0. The van der Waals surface area contributed by atoms with Crippen molar-refractivity contribution < 1.29 is 4.52 Å². The zero-order chi connectivity index (χ0) is 12.1. The molecule has 0 aliphatic carbocycles. The quantitative estimate of drug-likeness (QED) is 0.804. The molecule has 0 bridgehead atoms. The smallest absolute Gasteiger partial charge is 0.229 e. The van der Waals surface area contributed by atoms with Crippen molar-refractivity contribution in [2.45, 2.75) is 25.7 Å². The lowest BCUT2D eigenvalue weighted by atomic mass is 10.1. The molecule has 1 atom stereocenters. The highest BCUT2D eigenvalue weighted by Crippen LogP contribution is 2.22. The summed E-state index contributed by atoms with van der Waals surface area (Å²) in [6.45, 7) is 1.99. The summed E-state index contributed by atoms with van der Waals surface area (Å²) >= 11 is 0. The summed E-state index contributed by atoms with van der Waals surface area (Å²) in [5, 5.41) is 12.5. The van der Waals surface area contributed by atoms with Gasteiger partial charge in [-0.05, 0) is 6.42 Å². The van der Waals surface area contributed by atoms with E-state index in [4.69, 9.17) is 9.78 Å². The third kappa shape index (κ3) is 2.70. The second-order valence-electron chi connectivity index (χ2n) is 3.92. The minimum absolute atomic E-state index is 0.125. The van der Waals surface area contributed by atoms with Gasteiger partial charge in [0.2, 0.25) is 11.7 Å². The van der Waals surface area contributed by atoms with Crippen LogP contribution in [-0.4, -0.2) is 10.1 Å². The Morgan fingerprint density at radius 1 is 1.35 bits per heavy atom. The molecule has 0 radical (unpaired) electrons. The number of hydrogen-bond donors (Lipinski definition) is 0. The Hall–Kier alpha value is -2.15. The standard InChI is InChI=1S/C13H13N3O/c1-10(6-5-9-14)13-15-12(16-17-13)11-7-3-2-4-8-11/h2-4,7-8,10H,5-6H2,1H3. The highest BCUT2D eigenvalue weighted by atomic mass is 16.5. The van der Waals surface area contributed by atoms with Gasteiger partial charge < -0.3 is 4.52 Å². The molecule has 0 N–H and O–H groups in total. The Morgan fingerprint density at radius 3 is 2.82 bits per heavy atom. The summed E-state index contributed by atoms with van der Waals surface area (Å²) in [6.07, 6.45) is 1.25. The van der Waals surface area contributed by atoms with Crippen molar-refractivity contribution in [3.05, 3.63) is 36.2 Å². The fraction of sp³-hybridized carbons (Fsp3) is 0.308. The molecule has 17 heavy (non-hydrogen) atoms. The Labute approximate surface area is 99.9 Å². The van der Waals surface area contributed by atoms with Gasteiger partial charge in [-0.15, -0.1) is 0 Å². The maximum absolute atomic E-state index is 8.53. The fourth-order valence-corrected chi connectivity index (χ4v) is 1.54. The molecular weight excluding hydrogens is 214 g/mol. The van der Waals surface area contributed by atoms with E-state index in [2.05, 4.69) is 16.2 Å². The van der Waals surface area contributed by atoms with Gasteiger partial charge in [-0.3, -0.25) is 0 Å². The first-order valence-corrected chi connectivity index (χ1v) is 5.57. The molecule has 1 unspecified atom stereocenters. The van der Waals surface area contributed by atoms with Gasteiger partial charge in [0.1, 0.15) is 0 Å². The number of nitrogens with zero attached hydrogens (tertiary/aromatic N) is 3. The Kier molecular flexibility index (Phi) is 3.51. The van der Waals surface area contributed by atoms with Gasteiger partial charge in [0, 0.05) is 17.9 Å². The number of rotatable bonds is 4. The lowest BCUT2D eigenvalue weighted by Gasteiger charge is -2.00. The van der Waals surface area contributed by atoms with E-state index in [1.807, 2.05) is 37.3 Å². The summed E-state index contributed by atoms with van der Waals surface area (Å²) in [5.41, 5.74) is 0.940. The summed E-state index contributed by atoms with van der Waals surface area (Å²) < 4.78 is 5.21. The number of hydrogen-bond acceptors (Lipinski definition) is 4. The molecule has 0 spiro atoms. The summed E-state index contributed by atoms with van der Waals surface area (Å²) in [5.74, 6) is 1.32. The predicted octanol–water partition coefficient (Wildman–Crippen LogP) is 3.14. The first-order chi connectivity index (χ1) is 8.31. The van der Waals surface area contributed by atoms with Crippen LogP contribution < -0.4 is 0 Å². The van der Waals surface area contributed by atoms with Crippen LogP contribution >= 0.6 is 0 Å². The molecule has 2 aromatic rings. The highest BCUT2D eigenvalue weighted by molar-refractivity contribution is 5.53. The molecule has 4 heteroatoms. The van der Waals surface area contributed by atoms with Crippen molar-refractivity contribution in [3.8, 4) is 17.5 Å². The van der Waals surface area contributed by atoms with E-state index in [1.165, 1.54) is 0 Å². The van der Waals surface area contributed by atoms with Crippen LogP contribution in [0.15, 0.2) is 34.9 Å². The molecule has 4 nitrogen and oxygen atoms in total. The SMILES string of the molecule is CC(CCC#N)c1nc(-c2ccccc2)no1. The van der Waals surface area contributed by atoms with E-state index in [1.54, 1.807) is 0 Å². The van der Waals surface area contributed by atoms with E-state index >= 15 is 0 Å². The van der Waals surface area contributed by atoms with Crippen molar-refractivity contribution in [1.82, 2.24) is 10.1 Å². The molecule has 1 aromatic heterocycles. The molecule has 1 aromatic carbocycles. The van der Waals surface area contributed by atoms with Gasteiger partial charge in [0.15, 0.2) is 0 Å². The molecule has 2 rings (SSSR count). The zero-order valence-electron chi connectivity index (χ0n) is 9.63. The third-order valence-corrected chi connectivity index (χ3v) is 2.58. The first kappa shape index (κ1) is 11.3. The van der Waals surface area contributed by atoms with E-state index in [-0.39, 0.29) is 5.92 Å². The molecular formula is C13H13N3O. The second-order valence-corrected chi connectivity index (χ2v) is 3.92. The van der Waals surface area contributed by atoms with Gasteiger partial charge in [0.25, 0.3) is 0 Å². The predicted molar refractivity (Wildman–Crippen MR) is 63.0 cm³/mol. The Bertz CT molecular complexity index is 513. The fourth-order valence-electron chi connectivity index (χ4n) is 1.54. The van der Waals surface area contributed by atoms with Crippen LogP contribution in [0.25, 0.3) is 11.4 Å². The molecule has 0 fully saturated rings. The molecule has 0 aliphatic rings. The molecule has 0 saturated carbocycles. The van der Waals surface area contributed by atoms with Crippen LogP contribution in [0, 0.1) is 11.3 Å². The van der Waals surface area contributed by atoms with Crippen LogP contribution in [0.3, 0.4) is 0 Å². The van der Waals surface area contributed by atoms with E-state index in [9.17, 15) is 0 Å². The first-order valence-electron chi connectivity index (χ1n) is 5.57. The van der Waals surface area contributed by atoms with Gasteiger partial charge in [-0.25, -0.2) is 0 Å². The van der Waals surface area contributed by atoms with Crippen LogP contribution in [0.5, 0.6) is 0 Å². The Morgan fingerprint density at radius 2 is 2.12 bits per heavy atom. The minimum Gasteiger partial charge on any atom is -0.339 e. The number of aromatic nitrogens is 2. The summed E-state index contributed by atoms with van der Waals surface area (Å²) in [6, 6.07) is 11.8. The van der Waals surface area contributed by atoms with Crippen LogP contribution in [-0.2, 0) is 0 Å². The van der Waals surface area contributed by atoms with E-state index in [0.29, 0.717) is 18.1 Å². The van der Waals surface area contributed by atoms with E-state index in [0.717, 1.165) is 12.0 Å². The lowest BCUT2D eigenvalue weighted by Crippen LogP contribution is -1.93. The summed E-state index contributed by atoms with van der Waals surface area (Å²) in [4.78, 5) is 4.35. The van der Waals surface area contributed by atoms with Gasteiger partial charge in [-0.1, -0.05) is 42.4 Å². The monoisotopic (exact) mass is 227 g/mol. The maximum atomic E-state index is 8.53. The Balaban J connectivity index is 2.14. The topological polar surface area (TPSA) is 62.7 Å². The van der Waals surface area contributed by atoms with Crippen LogP contribution in [0.1, 0.15) is 31.6 Å². The van der Waals surface area contributed by atoms with Crippen molar-refractivity contribution in [3.63, 3.8) is 0 Å². The lowest BCUT2D eigenvalue weighted by molar-refractivity contribution is 0.355. The highest BCUT2D eigenvalue weighted by Gasteiger charge is 2.14. The molecule has 0 amide bonds. The van der Waals surface area contributed by atoms with Gasteiger partial charge in [0.05, 0.1) is 6.07 Å². The molecule has 1 heterocycles. The second kappa shape index (κ2) is 5.26. The normalized spacial score (nSPS) is 12.0. The average molecular weight is 227 g/mol. The van der Waals surface area contributed by atoms with Crippen molar-refractivity contribution in [2.75, 3.05) is 0 Å². The van der Waals surface area contributed by atoms with E-state index < -0.39 is 0 Å². The van der Waals surface area contributed by atoms with Crippen LogP contribution in [0.4, 0.5) is 0 Å². The van der Waals surface area contributed by atoms with Crippen molar-refractivity contribution in [2.24, 2.45) is 0 Å². The van der Waals surface area contributed by atoms with Gasteiger partial charge in [-0.2, -0.15) is 10.2 Å². The molecule has 0 saturated heterocycles. The zero-order valence-corrected chi connectivity index (χ0v) is 9.63. The molecule has 0 aliphatic heterocycles. The van der Waals surface area contributed by atoms with Gasteiger partial charge >= 0.3 is 0 Å². The minimum atomic E-state index is 0.125. The maximum Gasteiger partial charge on any atom is 0.229 e. The largest absolute Gasteiger partial charge is 0.339 e. The number of nitriles is 1. The van der Waals surface area contributed by atoms with Crippen molar-refractivity contribution >= 4 is 0 Å².